The lowest BCUT2D eigenvalue weighted by Crippen LogP contribution is -2.40. The Bertz CT molecular complexity index is 1760. The summed E-state index contributed by atoms with van der Waals surface area (Å²) in [7, 11) is 4.17. The van der Waals surface area contributed by atoms with E-state index in [0.29, 0.717) is 51.0 Å². The molecule has 0 spiro atoms. The van der Waals surface area contributed by atoms with E-state index < -0.39 is 17.2 Å². The molecule has 190 valence electrons. The van der Waals surface area contributed by atoms with Gasteiger partial charge < -0.3 is 14.6 Å². The smallest absolute Gasteiger partial charge is 0.330 e. The molecule has 10 heteroatoms. The minimum atomic E-state index is -0.706. The standard InChI is InChI=1S/C28H23N5O5/c1-16-18(7-6-10-23(16)30-25(35)22-14-32(2)28(37)33(3)27(22)36)19-8-5-9-20(21(19)13-29)24-12-11-17(15-34)26(31-24)38-4/h5-12,14-15H,1-4H3,(H,30,35). The van der Waals surface area contributed by atoms with Crippen LogP contribution < -0.4 is 21.3 Å². The molecule has 2 aromatic carbocycles. The first kappa shape index (κ1) is 25.8. The van der Waals surface area contributed by atoms with Crippen LogP contribution in [0.15, 0.2) is 64.3 Å². The number of nitriles is 1. The molecule has 0 saturated heterocycles. The topological polar surface area (TPSA) is 136 Å². The van der Waals surface area contributed by atoms with E-state index >= 15 is 0 Å². The van der Waals surface area contributed by atoms with Crippen molar-refractivity contribution in [2.75, 3.05) is 12.4 Å². The average molecular weight is 510 g/mol. The first-order valence-corrected chi connectivity index (χ1v) is 11.4. The van der Waals surface area contributed by atoms with Gasteiger partial charge in [0.2, 0.25) is 5.88 Å². The summed E-state index contributed by atoms with van der Waals surface area (Å²) < 4.78 is 7.25. The predicted octanol–water partition coefficient (Wildman–Crippen LogP) is 3.07. The summed E-state index contributed by atoms with van der Waals surface area (Å²) in [4.78, 5) is 53.1. The van der Waals surface area contributed by atoms with Gasteiger partial charge in [-0.3, -0.25) is 19.0 Å². The van der Waals surface area contributed by atoms with Crippen LogP contribution in [0.5, 0.6) is 5.88 Å². The number of methoxy groups -OCH3 is 1. The number of ether oxygens (including phenoxy) is 1. The fourth-order valence-electron chi connectivity index (χ4n) is 4.18. The van der Waals surface area contributed by atoms with Crippen molar-refractivity contribution in [2.24, 2.45) is 14.1 Å². The molecule has 4 aromatic rings. The summed E-state index contributed by atoms with van der Waals surface area (Å²) in [5, 5.41) is 12.9. The minimum absolute atomic E-state index is 0.150. The highest BCUT2D eigenvalue weighted by molar-refractivity contribution is 6.04. The molecular weight excluding hydrogens is 486 g/mol. The van der Waals surface area contributed by atoms with Crippen LogP contribution in [0.4, 0.5) is 5.69 Å². The molecule has 0 fully saturated rings. The summed E-state index contributed by atoms with van der Waals surface area (Å²) in [5.74, 6) is -0.514. The van der Waals surface area contributed by atoms with E-state index in [1.807, 2.05) is 6.07 Å². The Labute approximate surface area is 217 Å². The Morgan fingerprint density at radius 3 is 2.42 bits per heavy atom. The van der Waals surface area contributed by atoms with Gasteiger partial charge in [0.25, 0.3) is 11.5 Å². The van der Waals surface area contributed by atoms with Crippen LogP contribution in [0.25, 0.3) is 22.4 Å². The number of rotatable bonds is 6. The molecule has 0 unspecified atom stereocenters. The number of nitrogens with zero attached hydrogens (tertiary/aromatic N) is 4. The first-order valence-electron chi connectivity index (χ1n) is 11.4. The SMILES string of the molecule is COc1nc(-c2cccc(-c3cccc(NC(=O)c4cn(C)c(=O)n(C)c4=O)c3C)c2C#N)ccc1C=O. The van der Waals surface area contributed by atoms with E-state index in [4.69, 9.17) is 4.74 Å². The van der Waals surface area contributed by atoms with Crippen LogP contribution in [0.1, 0.15) is 31.8 Å². The van der Waals surface area contributed by atoms with E-state index in [2.05, 4.69) is 16.4 Å². The zero-order valence-electron chi connectivity index (χ0n) is 21.1. The van der Waals surface area contributed by atoms with Gasteiger partial charge in [0.1, 0.15) is 11.6 Å². The van der Waals surface area contributed by atoms with Gasteiger partial charge in [-0.15, -0.1) is 0 Å². The van der Waals surface area contributed by atoms with E-state index in [1.165, 1.54) is 27.4 Å². The molecular formula is C28H23N5O5. The predicted molar refractivity (Wildman–Crippen MR) is 141 cm³/mol. The Balaban J connectivity index is 1.79. The lowest BCUT2D eigenvalue weighted by Gasteiger charge is -2.16. The quantitative estimate of drug-likeness (QED) is 0.395. The number of hydrogen-bond acceptors (Lipinski definition) is 7. The van der Waals surface area contributed by atoms with Gasteiger partial charge in [-0.1, -0.05) is 30.3 Å². The number of aromatic nitrogens is 3. The number of aryl methyl sites for hydroxylation is 1. The first-order chi connectivity index (χ1) is 18.2. The molecule has 2 heterocycles. The van der Waals surface area contributed by atoms with Crippen molar-refractivity contribution in [3.8, 4) is 34.3 Å². The largest absolute Gasteiger partial charge is 0.480 e. The fourth-order valence-corrected chi connectivity index (χ4v) is 4.18. The molecule has 0 aliphatic heterocycles. The van der Waals surface area contributed by atoms with Gasteiger partial charge in [0.15, 0.2) is 6.29 Å². The molecule has 0 bridgehead atoms. The van der Waals surface area contributed by atoms with Crippen molar-refractivity contribution < 1.29 is 14.3 Å². The van der Waals surface area contributed by atoms with Crippen molar-refractivity contribution >= 4 is 17.9 Å². The molecule has 38 heavy (non-hydrogen) atoms. The van der Waals surface area contributed by atoms with E-state index in [0.717, 1.165) is 9.13 Å². The Morgan fingerprint density at radius 2 is 1.74 bits per heavy atom. The molecule has 0 aliphatic carbocycles. The normalized spacial score (nSPS) is 10.5. The van der Waals surface area contributed by atoms with Crippen molar-refractivity contribution in [3.63, 3.8) is 0 Å². The average Bonchev–Trinajstić information content (AvgIpc) is 2.94. The van der Waals surface area contributed by atoms with Crippen molar-refractivity contribution in [2.45, 2.75) is 6.92 Å². The number of hydrogen-bond donors (Lipinski definition) is 1. The molecule has 0 radical (unpaired) electrons. The molecule has 10 nitrogen and oxygen atoms in total. The molecule has 0 saturated carbocycles. The number of nitrogens with one attached hydrogen (secondary N) is 1. The van der Waals surface area contributed by atoms with Gasteiger partial charge in [-0.2, -0.15) is 5.26 Å². The van der Waals surface area contributed by atoms with Gasteiger partial charge >= 0.3 is 5.69 Å². The summed E-state index contributed by atoms with van der Waals surface area (Å²) >= 11 is 0. The number of aldehydes is 1. The summed E-state index contributed by atoms with van der Waals surface area (Å²) in [5.41, 5.74) is 2.61. The lowest BCUT2D eigenvalue weighted by atomic mass is 9.91. The van der Waals surface area contributed by atoms with Crippen LogP contribution in [0.2, 0.25) is 0 Å². The molecule has 0 atom stereocenters. The molecule has 1 N–H and O–H groups in total. The van der Waals surface area contributed by atoms with Gasteiger partial charge in [-0.05, 0) is 36.2 Å². The van der Waals surface area contributed by atoms with Crippen LogP contribution in [-0.4, -0.2) is 33.4 Å². The second kappa shape index (κ2) is 10.4. The van der Waals surface area contributed by atoms with Crippen LogP contribution >= 0.6 is 0 Å². The number of amides is 1. The third kappa shape index (κ3) is 4.49. The Morgan fingerprint density at radius 1 is 1.05 bits per heavy atom. The monoisotopic (exact) mass is 509 g/mol. The van der Waals surface area contributed by atoms with Crippen LogP contribution in [-0.2, 0) is 14.1 Å². The van der Waals surface area contributed by atoms with Gasteiger partial charge in [-0.25, -0.2) is 9.78 Å². The maximum Gasteiger partial charge on any atom is 0.330 e. The Kier molecular flexibility index (Phi) is 7.03. The van der Waals surface area contributed by atoms with Crippen LogP contribution in [0.3, 0.4) is 0 Å². The third-order valence-corrected chi connectivity index (χ3v) is 6.23. The van der Waals surface area contributed by atoms with Crippen LogP contribution in [0, 0.1) is 18.3 Å². The van der Waals surface area contributed by atoms with E-state index in [1.54, 1.807) is 49.4 Å². The van der Waals surface area contributed by atoms with E-state index in [9.17, 15) is 24.4 Å². The Hall–Kier alpha value is -5.30. The van der Waals surface area contributed by atoms with Crippen molar-refractivity contribution in [1.82, 2.24) is 14.1 Å². The molecule has 1 amide bonds. The summed E-state index contributed by atoms with van der Waals surface area (Å²) in [6, 6.07) is 16.0. The summed E-state index contributed by atoms with van der Waals surface area (Å²) in [6.45, 7) is 1.79. The van der Waals surface area contributed by atoms with Crippen molar-refractivity contribution in [3.05, 3.63) is 97.8 Å². The molecule has 4 rings (SSSR count). The number of carbonyl (C=O) groups is 2. The fraction of sp³-hybridized carbons (Fsp3) is 0.143. The third-order valence-electron chi connectivity index (χ3n) is 6.23. The molecule has 2 aromatic heterocycles. The lowest BCUT2D eigenvalue weighted by molar-refractivity contribution is 0.102. The summed E-state index contributed by atoms with van der Waals surface area (Å²) in [6.07, 6.45) is 1.85. The highest BCUT2D eigenvalue weighted by Gasteiger charge is 2.19. The minimum Gasteiger partial charge on any atom is -0.480 e. The number of pyridine rings is 1. The number of benzene rings is 2. The maximum absolute atomic E-state index is 13.0. The van der Waals surface area contributed by atoms with Gasteiger partial charge in [0.05, 0.1) is 23.9 Å². The number of carbonyl (C=O) groups excluding carboxylic acids is 2. The second-order valence-electron chi connectivity index (χ2n) is 8.49. The van der Waals surface area contributed by atoms with Crippen molar-refractivity contribution in [1.29, 1.82) is 5.26 Å². The second-order valence-corrected chi connectivity index (χ2v) is 8.49. The highest BCUT2D eigenvalue weighted by Crippen LogP contribution is 2.35. The van der Waals surface area contributed by atoms with E-state index in [-0.39, 0.29) is 11.4 Å². The zero-order valence-corrected chi connectivity index (χ0v) is 21.1. The highest BCUT2D eigenvalue weighted by atomic mass is 16.5. The molecule has 0 aliphatic rings. The maximum atomic E-state index is 13.0. The number of anilines is 1. The zero-order chi connectivity index (χ0) is 27.6. The van der Waals surface area contributed by atoms with Gasteiger partial charge in [0, 0.05) is 37.1 Å².